The maximum Gasteiger partial charge on any atom is 0.413 e. The van der Waals surface area contributed by atoms with E-state index in [9.17, 15) is 18.0 Å². The van der Waals surface area contributed by atoms with Crippen LogP contribution in [0.5, 0.6) is 0 Å². The molecule has 0 aromatic carbocycles. The van der Waals surface area contributed by atoms with Crippen molar-refractivity contribution in [3.8, 4) is 0 Å². The molecule has 0 aromatic heterocycles. The number of carbonyl (C=O) groups excluding carboxylic acids is 1. The molecule has 0 spiro atoms. The molecule has 0 saturated heterocycles. The van der Waals surface area contributed by atoms with E-state index in [1.807, 2.05) is 0 Å². The van der Waals surface area contributed by atoms with E-state index in [2.05, 4.69) is 4.74 Å². The molecule has 0 amide bonds. The molecule has 4 nitrogen and oxygen atoms in total. The van der Waals surface area contributed by atoms with Crippen molar-refractivity contribution in [3.05, 3.63) is 11.6 Å². The third-order valence-electron chi connectivity index (χ3n) is 2.00. The lowest BCUT2D eigenvalue weighted by Crippen LogP contribution is -2.22. The van der Waals surface area contributed by atoms with E-state index in [-0.39, 0.29) is 19.8 Å². The van der Waals surface area contributed by atoms with Crippen LogP contribution in [0.2, 0.25) is 0 Å². The van der Waals surface area contributed by atoms with Gasteiger partial charge < -0.3 is 14.2 Å². The van der Waals surface area contributed by atoms with Crippen LogP contribution < -0.4 is 0 Å². The quantitative estimate of drug-likeness (QED) is 0.390. The van der Waals surface area contributed by atoms with E-state index in [4.69, 9.17) is 9.47 Å². The zero-order chi connectivity index (χ0) is 14.9. The third-order valence-corrected chi connectivity index (χ3v) is 2.00. The molecule has 0 rings (SSSR count). The van der Waals surface area contributed by atoms with Gasteiger partial charge in [-0.3, -0.25) is 4.79 Å². The molecule has 0 radical (unpaired) electrons. The molecule has 0 heterocycles. The van der Waals surface area contributed by atoms with Gasteiger partial charge in [-0.15, -0.1) is 0 Å². The maximum absolute atomic E-state index is 12.8. The summed E-state index contributed by atoms with van der Waals surface area (Å²) in [6.07, 6.45) is -5.84. The van der Waals surface area contributed by atoms with Gasteiger partial charge in [0.25, 0.3) is 0 Å². The number of ether oxygens (including phenoxy) is 3. The van der Waals surface area contributed by atoms with Crippen molar-refractivity contribution in [1.82, 2.24) is 0 Å². The van der Waals surface area contributed by atoms with Crippen molar-refractivity contribution >= 4 is 5.97 Å². The molecule has 0 aliphatic heterocycles. The molecule has 0 unspecified atom stereocenters. The predicted molar refractivity (Wildman–Crippen MR) is 62.4 cm³/mol. The van der Waals surface area contributed by atoms with E-state index in [1.165, 1.54) is 6.92 Å². The van der Waals surface area contributed by atoms with Gasteiger partial charge in [-0.05, 0) is 26.8 Å². The van der Waals surface area contributed by atoms with Crippen LogP contribution >= 0.6 is 0 Å². The van der Waals surface area contributed by atoms with Crippen molar-refractivity contribution in [1.29, 1.82) is 0 Å². The normalized spacial score (nSPS) is 12.9. The minimum atomic E-state index is -4.63. The first kappa shape index (κ1) is 17.9. The Labute approximate surface area is 110 Å². The summed E-state index contributed by atoms with van der Waals surface area (Å²) in [7, 11) is 0. The monoisotopic (exact) mass is 284 g/mol. The van der Waals surface area contributed by atoms with Crippen LogP contribution in [0.15, 0.2) is 11.6 Å². The topological polar surface area (TPSA) is 44.8 Å². The van der Waals surface area contributed by atoms with Crippen molar-refractivity contribution in [3.63, 3.8) is 0 Å². The Bertz CT molecular complexity index is 294. The molecule has 0 aliphatic rings. The van der Waals surface area contributed by atoms with Gasteiger partial charge in [-0.1, -0.05) is 0 Å². The van der Waals surface area contributed by atoms with Crippen LogP contribution in [0.25, 0.3) is 0 Å². The largest absolute Gasteiger partial charge is 0.466 e. The molecule has 0 N–H and O–H groups in total. The fourth-order valence-corrected chi connectivity index (χ4v) is 1.26. The Morgan fingerprint density at radius 1 is 1.11 bits per heavy atom. The van der Waals surface area contributed by atoms with E-state index in [0.717, 1.165) is 6.08 Å². The van der Waals surface area contributed by atoms with E-state index < -0.39 is 30.4 Å². The van der Waals surface area contributed by atoms with Gasteiger partial charge in [-0.2, -0.15) is 13.2 Å². The van der Waals surface area contributed by atoms with Crippen LogP contribution in [0.1, 0.15) is 27.2 Å². The van der Waals surface area contributed by atoms with Crippen LogP contribution in [0.4, 0.5) is 13.2 Å². The lowest BCUT2D eigenvalue weighted by Gasteiger charge is -2.17. The Balaban J connectivity index is 4.94. The fraction of sp³-hybridized carbons (Fsp3) is 0.750. The summed E-state index contributed by atoms with van der Waals surface area (Å²) in [5.74, 6) is -0.933. The number of halogens is 3. The molecular weight excluding hydrogens is 265 g/mol. The van der Waals surface area contributed by atoms with Gasteiger partial charge in [0.15, 0.2) is 6.29 Å². The standard InChI is InChI=1S/C12H19F3O4/c1-4-17-10(16)7-9(12(13,14)15)8-11(18-5-2)19-6-3/h8,11H,4-7H2,1-3H3/b9-8+. The molecular formula is C12H19F3O4. The zero-order valence-electron chi connectivity index (χ0n) is 11.3. The maximum atomic E-state index is 12.8. The third kappa shape index (κ3) is 7.84. The summed E-state index contributed by atoms with van der Waals surface area (Å²) >= 11 is 0. The molecule has 0 aliphatic carbocycles. The van der Waals surface area contributed by atoms with Gasteiger partial charge in [0.2, 0.25) is 0 Å². The molecule has 112 valence electrons. The summed E-state index contributed by atoms with van der Waals surface area (Å²) < 4.78 is 52.8. The number of rotatable bonds is 8. The Morgan fingerprint density at radius 3 is 2.00 bits per heavy atom. The molecule has 0 saturated carbocycles. The molecule has 7 heteroatoms. The average molecular weight is 284 g/mol. The molecule has 0 aromatic rings. The van der Waals surface area contributed by atoms with Crippen molar-refractivity contribution in [2.75, 3.05) is 19.8 Å². The van der Waals surface area contributed by atoms with Gasteiger partial charge >= 0.3 is 12.1 Å². The lowest BCUT2D eigenvalue weighted by atomic mass is 10.1. The second kappa shape index (κ2) is 8.92. The number of hydrogen-bond acceptors (Lipinski definition) is 4. The minimum Gasteiger partial charge on any atom is -0.466 e. The minimum absolute atomic E-state index is 0.0321. The van der Waals surface area contributed by atoms with Crippen molar-refractivity contribution < 1.29 is 32.2 Å². The lowest BCUT2D eigenvalue weighted by molar-refractivity contribution is -0.146. The van der Waals surface area contributed by atoms with E-state index >= 15 is 0 Å². The predicted octanol–water partition coefficient (Wildman–Crippen LogP) is 2.83. The molecule has 0 atom stereocenters. The van der Waals surface area contributed by atoms with Crippen molar-refractivity contribution in [2.24, 2.45) is 0 Å². The first-order valence-electron chi connectivity index (χ1n) is 6.01. The molecule has 0 fully saturated rings. The highest BCUT2D eigenvalue weighted by Gasteiger charge is 2.36. The van der Waals surface area contributed by atoms with Gasteiger partial charge in [-0.25, -0.2) is 0 Å². The number of carbonyl (C=O) groups is 1. The summed E-state index contributed by atoms with van der Waals surface area (Å²) in [4.78, 5) is 11.2. The Morgan fingerprint density at radius 2 is 1.63 bits per heavy atom. The summed E-state index contributed by atoms with van der Waals surface area (Å²) in [5, 5.41) is 0. The summed E-state index contributed by atoms with van der Waals surface area (Å²) in [5.41, 5.74) is -1.03. The first-order chi connectivity index (χ1) is 8.85. The molecule has 19 heavy (non-hydrogen) atoms. The SMILES string of the molecule is CCOC(=O)C/C(=C\C(OCC)OCC)C(F)(F)F. The van der Waals surface area contributed by atoms with Gasteiger partial charge in [0.1, 0.15) is 0 Å². The molecule has 0 bridgehead atoms. The number of esters is 1. The van der Waals surface area contributed by atoms with E-state index in [1.54, 1.807) is 13.8 Å². The fourth-order valence-electron chi connectivity index (χ4n) is 1.26. The second-order valence-electron chi connectivity index (χ2n) is 3.45. The highest BCUT2D eigenvalue weighted by molar-refractivity contribution is 5.72. The smallest absolute Gasteiger partial charge is 0.413 e. The van der Waals surface area contributed by atoms with E-state index in [0.29, 0.717) is 0 Å². The second-order valence-corrected chi connectivity index (χ2v) is 3.45. The highest BCUT2D eigenvalue weighted by Crippen LogP contribution is 2.29. The number of alkyl halides is 3. The van der Waals surface area contributed by atoms with Crippen LogP contribution in [-0.4, -0.2) is 38.3 Å². The summed E-state index contributed by atoms with van der Waals surface area (Å²) in [6.45, 7) is 5.23. The number of hydrogen-bond donors (Lipinski definition) is 0. The highest BCUT2D eigenvalue weighted by atomic mass is 19.4. The Hall–Kier alpha value is -1.08. The van der Waals surface area contributed by atoms with Gasteiger partial charge in [0.05, 0.1) is 13.0 Å². The first-order valence-corrected chi connectivity index (χ1v) is 6.01. The average Bonchev–Trinajstić information content (AvgIpc) is 2.27. The van der Waals surface area contributed by atoms with Crippen LogP contribution in [0, 0.1) is 0 Å². The van der Waals surface area contributed by atoms with Crippen LogP contribution in [-0.2, 0) is 19.0 Å². The zero-order valence-corrected chi connectivity index (χ0v) is 11.3. The van der Waals surface area contributed by atoms with Crippen molar-refractivity contribution in [2.45, 2.75) is 39.7 Å². The van der Waals surface area contributed by atoms with Gasteiger partial charge in [0, 0.05) is 18.8 Å². The Kier molecular flexibility index (Phi) is 8.42. The van der Waals surface area contributed by atoms with Crippen LogP contribution in [0.3, 0.4) is 0 Å². The summed E-state index contributed by atoms with van der Waals surface area (Å²) in [6, 6.07) is 0.